The Hall–Kier alpha value is -2.10. The van der Waals surface area contributed by atoms with Gasteiger partial charge in [0, 0.05) is 38.4 Å². The first-order valence-electron chi connectivity index (χ1n) is 8.97. The molecule has 2 heterocycles. The molecule has 1 aliphatic rings. The molecule has 152 valence electrons. The maximum absolute atomic E-state index is 12.8. The van der Waals surface area contributed by atoms with E-state index in [-0.39, 0.29) is 49.5 Å². The Morgan fingerprint density at radius 3 is 2.74 bits per heavy atom. The van der Waals surface area contributed by atoms with Crippen LogP contribution >= 0.6 is 0 Å². The smallest absolute Gasteiger partial charge is 0.396 e. The zero-order valence-electron chi connectivity index (χ0n) is 15.3. The summed E-state index contributed by atoms with van der Waals surface area (Å²) < 4.78 is 39.3. The Labute approximate surface area is 155 Å². The predicted molar refractivity (Wildman–Crippen MR) is 90.6 cm³/mol. The Morgan fingerprint density at radius 2 is 2.11 bits per heavy atom. The predicted octanol–water partition coefficient (Wildman–Crippen LogP) is 1.34. The van der Waals surface area contributed by atoms with Gasteiger partial charge in [-0.25, -0.2) is 0 Å². The van der Waals surface area contributed by atoms with E-state index in [1.807, 2.05) is 0 Å². The Morgan fingerprint density at radius 1 is 1.37 bits per heavy atom. The number of rotatable bonds is 3. The first kappa shape index (κ1) is 21.2. The third kappa shape index (κ3) is 6.23. The molecular formula is C17H25F3N4O3. The summed E-state index contributed by atoms with van der Waals surface area (Å²) in [7, 11) is 0. The fraction of sp³-hybridized carbons (Fsp3) is 0.706. The number of aliphatic hydroxyl groups is 1. The molecule has 0 aromatic carbocycles. The summed E-state index contributed by atoms with van der Waals surface area (Å²) in [6.45, 7) is 2.21. The van der Waals surface area contributed by atoms with E-state index in [2.05, 4.69) is 10.4 Å². The number of nitrogens with zero attached hydrogens (tertiary/aromatic N) is 3. The van der Waals surface area contributed by atoms with Crippen molar-refractivity contribution >= 4 is 11.8 Å². The van der Waals surface area contributed by atoms with E-state index in [1.165, 1.54) is 11.8 Å². The van der Waals surface area contributed by atoms with Gasteiger partial charge in [0.15, 0.2) is 5.69 Å². The van der Waals surface area contributed by atoms with Crippen LogP contribution in [0.1, 0.15) is 37.1 Å². The summed E-state index contributed by atoms with van der Waals surface area (Å²) in [6, 6.07) is 0.902. The van der Waals surface area contributed by atoms with Crippen molar-refractivity contribution in [3.63, 3.8) is 0 Å². The molecular weight excluding hydrogens is 365 g/mol. The summed E-state index contributed by atoms with van der Waals surface area (Å²) in [5.41, 5.74) is -0.790. The fourth-order valence-corrected chi connectivity index (χ4v) is 3.04. The molecule has 1 aliphatic heterocycles. The van der Waals surface area contributed by atoms with Crippen LogP contribution in [-0.2, 0) is 22.3 Å². The van der Waals surface area contributed by atoms with Gasteiger partial charge in [-0.1, -0.05) is 0 Å². The molecule has 2 amide bonds. The summed E-state index contributed by atoms with van der Waals surface area (Å²) in [5.74, 6) is -0.536. The second-order valence-corrected chi connectivity index (χ2v) is 6.79. The molecule has 2 N–H and O–H groups in total. The topological polar surface area (TPSA) is 87.5 Å². The first-order chi connectivity index (χ1) is 12.7. The van der Waals surface area contributed by atoms with Crippen LogP contribution in [0.4, 0.5) is 13.2 Å². The highest BCUT2D eigenvalue weighted by Gasteiger charge is 2.34. The molecule has 1 atom stereocenters. The van der Waals surface area contributed by atoms with E-state index in [4.69, 9.17) is 0 Å². The summed E-state index contributed by atoms with van der Waals surface area (Å²) in [6.07, 6.45) is -2.41. The van der Waals surface area contributed by atoms with Crippen LogP contribution in [0.25, 0.3) is 0 Å². The number of hydrogen-bond acceptors (Lipinski definition) is 4. The van der Waals surface area contributed by atoms with E-state index >= 15 is 0 Å². The normalized spacial score (nSPS) is 20.1. The average molecular weight is 390 g/mol. The van der Waals surface area contributed by atoms with Crippen molar-refractivity contribution < 1.29 is 27.9 Å². The number of carbonyl (C=O) groups excluding carboxylic acids is 2. The van der Waals surface area contributed by atoms with Gasteiger partial charge in [-0.15, -0.1) is 0 Å². The SMILES string of the molecule is Cc1cc(C(F)(F)F)nn1CC(=O)N1CCCC(CO)CCNC(=O)CC1. The van der Waals surface area contributed by atoms with E-state index < -0.39 is 11.9 Å². The van der Waals surface area contributed by atoms with Crippen molar-refractivity contribution in [1.29, 1.82) is 0 Å². The number of hydrogen-bond donors (Lipinski definition) is 2. The van der Waals surface area contributed by atoms with Crippen molar-refractivity contribution in [2.45, 2.75) is 45.3 Å². The lowest BCUT2D eigenvalue weighted by Crippen LogP contribution is -2.38. The number of nitrogens with one attached hydrogen (secondary N) is 1. The number of alkyl halides is 3. The van der Waals surface area contributed by atoms with E-state index in [1.54, 1.807) is 0 Å². The van der Waals surface area contributed by atoms with Gasteiger partial charge in [0.2, 0.25) is 11.8 Å². The number of aliphatic hydroxyl groups excluding tert-OH is 1. The second-order valence-electron chi connectivity index (χ2n) is 6.79. The van der Waals surface area contributed by atoms with Gasteiger partial charge >= 0.3 is 6.18 Å². The molecule has 0 spiro atoms. The van der Waals surface area contributed by atoms with E-state index in [0.29, 0.717) is 32.4 Å². The lowest BCUT2D eigenvalue weighted by molar-refractivity contribution is -0.142. The highest BCUT2D eigenvalue weighted by Crippen LogP contribution is 2.28. The molecule has 0 radical (unpaired) electrons. The van der Waals surface area contributed by atoms with Gasteiger partial charge in [-0.3, -0.25) is 14.3 Å². The molecule has 1 fully saturated rings. The van der Waals surface area contributed by atoms with Gasteiger partial charge in [0.05, 0.1) is 0 Å². The molecule has 1 aromatic rings. The van der Waals surface area contributed by atoms with Crippen LogP contribution < -0.4 is 5.32 Å². The van der Waals surface area contributed by atoms with Crippen LogP contribution in [0.5, 0.6) is 0 Å². The third-order valence-electron chi connectivity index (χ3n) is 4.69. The lowest BCUT2D eigenvalue weighted by Gasteiger charge is -2.23. The molecule has 7 nitrogen and oxygen atoms in total. The van der Waals surface area contributed by atoms with Crippen molar-refractivity contribution in [3.05, 3.63) is 17.5 Å². The van der Waals surface area contributed by atoms with Crippen LogP contribution in [-0.4, -0.2) is 57.8 Å². The minimum atomic E-state index is -4.56. The van der Waals surface area contributed by atoms with E-state index in [9.17, 15) is 27.9 Å². The first-order valence-corrected chi connectivity index (χ1v) is 8.97. The molecule has 1 unspecified atom stereocenters. The zero-order valence-corrected chi connectivity index (χ0v) is 15.3. The largest absolute Gasteiger partial charge is 0.435 e. The monoisotopic (exact) mass is 390 g/mol. The minimum Gasteiger partial charge on any atom is -0.396 e. The number of amides is 2. The van der Waals surface area contributed by atoms with Crippen molar-refractivity contribution in [2.24, 2.45) is 5.92 Å². The van der Waals surface area contributed by atoms with Crippen LogP contribution in [0.3, 0.4) is 0 Å². The zero-order chi connectivity index (χ0) is 20.0. The fourth-order valence-electron chi connectivity index (χ4n) is 3.04. The highest BCUT2D eigenvalue weighted by molar-refractivity contribution is 5.79. The molecule has 1 aromatic heterocycles. The van der Waals surface area contributed by atoms with Crippen molar-refractivity contribution in [2.75, 3.05) is 26.2 Å². The number of aromatic nitrogens is 2. The molecule has 0 bridgehead atoms. The Kier molecular flexibility index (Phi) is 7.23. The highest BCUT2D eigenvalue weighted by atomic mass is 19.4. The standard InChI is InChI=1S/C17H25F3N4O3/c1-12-9-14(17(18,19)20)22-24(12)10-16(27)23-7-2-3-13(11-25)4-6-21-15(26)5-8-23/h9,13,25H,2-8,10-11H2,1H3,(H,21,26). The quantitative estimate of drug-likeness (QED) is 0.815. The van der Waals surface area contributed by atoms with Gasteiger partial charge in [-0.05, 0) is 38.2 Å². The number of aryl methyl sites for hydroxylation is 1. The number of halogens is 3. The third-order valence-corrected chi connectivity index (χ3v) is 4.69. The molecule has 0 aliphatic carbocycles. The number of carbonyl (C=O) groups is 2. The van der Waals surface area contributed by atoms with Crippen LogP contribution in [0.15, 0.2) is 6.07 Å². The lowest BCUT2D eigenvalue weighted by atomic mass is 10.0. The summed E-state index contributed by atoms with van der Waals surface area (Å²) in [5, 5.41) is 15.6. The average Bonchev–Trinajstić information content (AvgIpc) is 2.94. The second kappa shape index (κ2) is 9.20. The summed E-state index contributed by atoms with van der Waals surface area (Å²) in [4.78, 5) is 25.9. The van der Waals surface area contributed by atoms with Gasteiger partial charge in [-0.2, -0.15) is 18.3 Å². The molecule has 10 heteroatoms. The van der Waals surface area contributed by atoms with E-state index in [0.717, 1.165) is 10.7 Å². The van der Waals surface area contributed by atoms with Gasteiger partial charge in [0.25, 0.3) is 0 Å². The molecule has 2 rings (SSSR count). The maximum Gasteiger partial charge on any atom is 0.435 e. The Balaban J connectivity index is 2.05. The van der Waals surface area contributed by atoms with Crippen LogP contribution in [0, 0.1) is 12.8 Å². The Bertz CT molecular complexity index is 660. The van der Waals surface area contributed by atoms with Crippen molar-refractivity contribution in [1.82, 2.24) is 20.0 Å². The van der Waals surface area contributed by atoms with Crippen molar-refractivity contribution in [3.8, 4) is 0 Å². The molecule has 1 saturated heterocycles. The van der Waals surface area contributed by atoms with Crippen LogP contribution in [0.2, 0.25) is 0 Å². The molecule has 27 heavy (non-hydrogen) atoms. The minimum absolute atomic E-state index is 0.0104. The maximum atomic E-state index is 12.8. The van der Waals surface area contributed by atoms with Gasteiger partial charge < -0.3 is 15.3 Å². The molecule has 0 saturated carbocycles. The van der Waals surface area contributed by atoms with Gasteiger partial charge in [0.1, 0.15) is 6.54 Å². The summed E-state index contributed by atoms with van der Waals surface area (Å²) >= 11 is 0.